The highest BCUT2D eigenvalue weighted by Crippen LogP contribution is 2.20. The summed E-state index contributed by atoms with van der Waals surface area (Å²) in [5, 5.41) is 4.12. The van der Waals surface area contributed by atoms with Crippen molar-refractivity contribution in [3.8, 4) is 17.1 Å². The van der Waals surface area contributed by atoms with Crippen LogP contribution in [0, 0.1) is 6.92 Å². The van der Waals surface area contributed by atoms with E-state index in [1.54, 1.807) is 7.11 Å². The molecule has 28 heavy (non-hydrogen) atoms. The van der Waals surface area contributed by atoms with E-state index in [1.165, 1.54) is 11.1 Å². The predicted molar refractivity (Wildman–Crippen MR) is 108 cm³/mol. The summed E-state index contributed by atoms with van der Waals surface area (Å²) in [5.74, 6) is 2.10. The van der Waals surface area contributed by atoms with Crippen molar-refractivity contribution in [2.45, 2.75) is 20.0 Å². The van der Waals surface area contributed by atoms with Gasteiger partial charge in [-0.05, 0) is 36.8 Å². The van der Waals surface area contributed by atoms with Crippen LogP contribution in [0.3, 0.4) is 0 Å². The number of aromatic nitrogens is 2. The Kier molecular flexibility index (Phi) is 5.69. The van der Waals surface area contributed by atoms with Crippen molar-refractivity contribution < 1.29 is 9.26 Å². The van der Waals surface area contributed by atoms with Gasteiger partial charge in [-0.25, -0.2) is 0 Å². The van der Waals surface area contributed by atoms with Crippen molar-refractivity contribution in [1.29, 1.82) is 0 Å². The number of benzene rings is 2. The van der Waals surface area contributed by atoms with Crippen LogP contribution in [0.25, 0.3) is 11.4 Å². The number of methoxy groups -OCH3 is 1. The highest BCUT2D eigenvalue weighted by molar-refractivity contribution is 5.55. The summed E-state index contributed by atoms with van der Waals surface area (Å²) in [6.07, 6.45) is 0. The Hall–Kier alpha value is -2.70. The van der Waals surface area contributed by atoms with E-state index in [-0.39, 0.29) is 0 Å². The number of piperazine rings is 1. The molecule has 0 bridgehead atoms. The van der Waals surface area contributed by atoms with Crippen LogP contribution in [0.15, 0.2) is 53.1 Å². The van der Waals surface area contributed by atoms with E-state index in [1.807, 2.05) is 24.3 Å². The Bertz CT molecular complexity index is 882. The molecule has 0 unspecified atom stereocenters. The first-order chi connectivity index (χ1) is 13.7. The summed E-state index contributed by atoms with van der Waals surface area (Å²) in [5.41, 5.74) is 3.61. The number of hydrogen-bond acceptors (Lipinski definition) is 6. The van der Waals surface area contributed by atoms with Gasteiger partial charge in [-0.2, -0.15) is 4.98 Å². The first-order valence-electron chi connectivity index (χ1n) is 9.67. The number of aryl methyl sites for hydroxylation is 1. The van der Waals surface area contributed by atoms with Gasteiger partial charge in [-0.15, -0.1) is 0 Å². The fourth-order valence-electron chi connectivity index (χ4n) is 3.42. The Morgan fingerprint density at radius 2 is 1.54 bits per heavy atom. The van der Waals surface area contributed by atoms with Crippen LogP contribution in [0.4, 0.5) is 0 Å². The molecule has 2 aromatic carbocycles. The van der Waals surface area contributed by atoms with Gasteiger partial charge in [-0.3, -0.25) is 9.80 Å². The topological polar surface area (TPSA) is 54.6 Å². The zero-order valence-corrected chi connectivity index (χ0v) is 16.5. The molecule has 0 aliphatic carbocycles. The van der Waals surface area contributed by atoms with Gasteiger partial charge < -0.3 is 9.26 Å². The molecule has 0 N–H and O–H groups in total. The van der Waals surface area contributed by atoms with E-state index in [0.29, 0.717) is 18.3 Å². The molecule has 1 fully saturated rings. The molecule has 1 aliphatic rings. The van der Waals surface area contributed by atoms with E-state index < -0.39 is 0 Å². The summed E-state index contributed by atoms with van der Waals surface area (Å²) in [4.78, 5) is 9.42. The van der Waals surface area contributed by atoms with Gasteiger partial charge in [0.05, 0.1) is 13.7 Å². The molecule has 0 spiro atoms. The third-order valence-corrected chi connectivity index (χ3v) is 5.17. The molecular weight excluding hydrogens is 352 g/mol. The Morgan fingerprint density at radius 3 is 2.18 bits per heavy atom. The highest BCUT2D eigenvalue weighted by Gasteiger charge is 2.19. The fourth-order valence-corrected chi connectivity index (χ4v) is 3.42. The summed E-state index contributed by atoms with van der Waals surface area (Å²) in [6.45, 7) is 7.94. The number of ether oxygens (including phenoxy) is 1. The highest BCUT2D eigenvalue weighted by atomic mass is 16.5. The molecule has 0 radical (unpaired) electrons. The first-order valence-corrected chi connectivity index (χ1v) is 9.67. The lowest BCUT2D eigenvalue weighted by atomic mass is 10.1. The summed E-state index contributed by atoms with van der Waals surface area (Å²) in [6, 6.07) is 16.5. The van der Waals surface area contributed by atoms with Crippen molar-refractivity contribution in [3.63, 3.8) is 0 Å². The Labute approximate surface area is 165 Å². The van der Waals surface area contributed by atoms with Crippen LogP contribution < -0.4 is 4.74 Å². The van der Waals surface area contributed by atoms with E-state index in [9.17, 15) is 0 Å². The molecule has 3 aromatic rings. The zero-order chi connectivity index (χ0) is 19.3. The summed E-state index contributed by atoms with van der Waals surface area (Å²) < 4.78 is 10.7. The second-order valence-electron chi connectivity index (χ2n) is 7.28. The maximum Gasteiger partial charge on any atom is 0.241 e. The normalized spacial score (nSPS) is 15.6. The molecule has 146 valence electrons. The van der Waals surface area contributed by atoms with Crippen LogP contribution in [-0.4, -0.2) is 53.2 Å². The minimum Gasteiger partial charge on any atom is -0.497 e. The van der Waals surface area contributed by atoms with Gasteiger partial charge >= 0.3 is 0 Å². The molecule has 0 amide bonds. The quantitative estimate of drug-likeness (QED) is 0.656. The van der Waals surface area contributed by atoms with Gasteiger partial charge in [0.1, 0.15) is 5.75 Å². The van der Waals surface area contributed by atoms with Crippen LogP contribution in [0.2, 0.25) is 0 Å². The number of nitrogens with zero attached hydrogens (tertiary/aromatic N) is 4. The summed E-state index contributed by atoms with van der Waals surface area (Å²) >= 11 is 0. The van der Waals surface area contributed by atoms with Gasteiger partial charge in [0, 0.05) is 38.3 Å². The second-order valence-corrected chi connectivity index (χ2v) is 7.28. The molecule has 1 saturated heterocycles. The minimum absolute atomic E-state index is 0.621. The van der Waals surface area contributed by atoms with Crippen LogP contribution >= 0.6 is 0 Å². The first kappa shape index (κ1) is 18.7. The van der Waals surface area contributed by atoms with Gasteiger partial charge in [0.25, 0.3) is 0 Å². The third kappa shape index (κ3) is 4.58. The second kappa shape index (κ2) is 8.54. The third-order valence-electron chi connectivity index (χ3n) is 5.17. The fraction of sp³-hybridized carbons (Fsp3) is 0.364. The lowest BCUT2D eigenvalue weighted by Gasteiger charge is -2.33. The maximum absolute atomic E-state index is 5.46. The van der Waals surface area contributed by atoms with Crippen LogP contribution in [0.5, 0.6) is 5.75 Å². The van der Waals surface area contributed by atoms with Crippen molar-refractivity contribution in [3.05, 3.63) is 65.5 Å². The number of rotatable bonds is 6. The van der Waals surface area contributed by atoms with Crippen molar-refractivity contribution in [1.82, 2.24) is 19.9 Å². The Balaban J connectivity index is 1.29. The van der Waals surface area contributed by atoms with E-state index >= 15 is 0 Å². The zero-order valence-electron chi connectivity index (χ0n) is 16.5. The molecule has 0 atom stereocenters. The predicted octanol–water partition coefficient (Wildman–Crippen LogP) is 3.37. The van der Waals surface area contributed by atoms with E-state index in [0.717, 1.165) is 44.0 Å². The molecule has 1 aromatic heterocycles. The lowest BCUT2D eigenvalue weighted by molar-refractivity contribution is 0.112. The Morgan fingerprint density at radius 1 is 0.893 bits per heavy atom. The summed E-state index contributed by atoms with van der Waals surface area (Å²) in [7, 11) is 1.65. The molecule has 4 rings (SSSR count). The van der Waals surface area contributed by atoms with Crippen molar-refractivity contribution in [2.75, 3.05) is 33.3 Å². The average Bonchev–Trinajstić information content (AvgIpc) is 3.20. The molecular formula is C22H26N4O2. The molecule has 0 saturated carbocycles. The van der Waals surface area contributed by atoms with Crippen molar-refractivity contribution in [2.24, 2.45) is 0 Å². The standard InChI is InChI=1S/C22H26N4O2/c1-17-3-5-18(6-4-17)15-25-11-13-26(14-12-25)16-21-23-22(24-28-21)19-7-9-20(27-2)10-8-19/h3-10H,11-16H2,1-2H3. The van der Waals surface area contributed by atoms with Gasteiger partial charge in [0.15, 0.2) is 0 Å². The number of hydrogen-bond donors (Lipinski definition) is 0. The van der Waals surface area contributed by atoms with E-state index in [2.05, 4.69) is 51.1 Å². The van der Waals surface area contributed by atoms with E-state index in [4.69, 9.17) is 9.26 Å². The van der Waals surface area contributed by atoms with Crippen LogP contribution in [-0.2, 0) is 13.1 Å². The SMILES string of the molecule is COc1ccc(-c2noc(CN3CCN(Cc4ccc(C)cc4)CC3)n2)cc1. The molecule has 1 aliphatic heterocycles. The minimum atomic E-state index is 0.621. The maximum atomic E-state index is 5.46. The van der Waals surface area contributed by atoms with Crippen LogP contribution in [0.1, 0.15) is 17.0 Å². The smallest absolute Gasteiger partial charge is 0.241 e. The van der Waals surface area contributed by atoms with Gasteiger partial charge in [0.2, 0.25) is 11.7 Å². The monoisotopic (exact) mass is 378 g/mol. The van der Waals surface area contributed by atoms with Crippen molar-refractivity contribution >= 4 is 0 Å². The molecule has 6 heteroatoms. The molecule has 6 nitrogen and oxygen atoms in total. The molecule has 2 heterocycles. The largest absolute Gasteiger partial charge is 0.497 e. The average molecular weight is 378 g/mol. The lowest BCUT2D eigenvalue weighted by Crippen LogP contribution is -2.45. The van der Waals surface area contributed by atoms with Gasteiger partial charge in [-0.1, -0.05) is 35.0 Å².